The molecule has 0 aliphatic carbocycles. The van der Waals surface area contributed by atoms with E-state index in [1.807, 2.05) is 37.6 Å². The molecule has 4 nitrogen and oxygen atoms in total. The van der Waals surface area contributed by atoms with E-state index >= 15 is 0 Å². The normalized spacial score (nSPS) is 17.9. The molecule has 1 fully saturated rings. The summed E-state index contributed by atoms with van der Waals surface area (Å²) in [5, 5.41) is 0. The van der Waals surface area contributed by atoms with E-state index in [-0.39, 0.29) is 6.09 Å². The van der Waals surface area contributed by atoms with Gasteiger partial charge in [0, 0.05) is 31.9 Å². The molecule has 0 unspecified atom stereocenters. The third-order valence-electron chi connectivity index (χ3n) is 2.66. The summed E-state index contributed by atoms with van der Waals surface area (Å²) in [7, 11) is 0. The fourth-order valence-electron chi connectivity index (χ4n) is 1.66. The number of piperazine rings is 1. The average Bonchev–Trinajstić information content (AvgIpc) is 2.28. The van der Waals surface area contributed by atoms with Crippen LogP contribution in [0.5, 0.6) is 0 Å². The Labute approximate surface area is 115 Å². The van der Waals surface area contributed by atoms with Gasteiger partial charge in [0.2, 0.25) is 0 Å². The Kier molecular flexibility index (Phi) is 6.29. The fraction of sp³-hybridized carbons (Fsp3) is 0.923. The summed E-state index contributed by atoms with van der Waals surface area (Å²) < 4.78 is 7.73. The van der Waals surface area contributed by atoms with Crippen molar-refractivity contribution >= 4 is 18.0 Å². The molecule has 1 saturated heterocycles. The van der Waals surface area contributed by atoms with Crippen molar-refractivity contribution in [2.45, 2.75) is 46.1 Å². The van der Waals surface area contributed by atoms with Crippen LogP contribution in [0.15, 0.2) is 0 Å². The number of hydrogen-bond donors (Lipinski definition) is 0. The molecule has 0 radical (unpaired) electrons. The van der Waals surface area contributed by atoms with E-state index in [1.165, 1.54) is 18.6 Å². The number of ether oxygens (including phenoxy) is 1. The highest BCUT2D eigenvalue weighted by atomic mass is 32.2. The second-order valence-electron chi connectivity index (χ2n) is 5.58. The van der Waals surface area contributed by atoms with Gasteiger partial charge in [-0.2, -0.15) is 0 Å². The van der Waals surface area contributed by atoms with E-state index in [0.717, 1.165) is 26.2 Å². The monoisotopic (exact) mass is 274 g/mol. The average molecular weight is 274 g/mol. The van der Waals surface area contributed by atoms with E-state index in [0.29, 0.717) is 0 Å². The van der Waals surface area contributed by atoms with E-state index in [4.69, 9.17) is 4.74 Å². The highest BCUT2D eigenvalue weighted by Gasteiger charge is 2.25. The number of rotatable bonds is 4. The molecule has 1 rings (SSSR count). The minimum absolute atomic E-state index is 0.180. The molecule has 106 valence electrons. The predicted octanol–water partition coefficient (Wildman–Crippen LogP) is 2.99. The van der Waals surface area contributed by atoms with E-state index in [9.17, 15) is 4.79 Å². The maximum absolute atomic E-state index is 11.9. The summed E-state index contributed by atoms with van der Waals surface area (Å²) in [5.74, 6) is 1.18. The van der Waals surface area contributed by atoms with Crippen LogP contribution in [0.4, 0.5) is 4.79 Å². The van der Waals surface area contributed by atoms with Crippen LogP contribution in [0.3, 0.4) is 0 Å². The number of nitrogens with zero attached hydrogens (tertiary/aromatic N) is 2. The van der Waals surface area contributed by atoms with Crippen LogP contribution in [-0.4, -0.2) is 52.8 Å². The Balaban J connectivity index is 2.24. The molecular weight excluding hydrogens is 248 g/mol. The maximum Gasteiger partial charge on any atom is 0.410 e. The SMILES string of the molecule is CCCCSN1CCN(C(=O)OC(C)(C)C)CC1. The van der Waals surface area contributed by atoms with Crippen molar-refractivity contribution in [3.05, 3.63) is 0 Å². The summed E-state index contributed by atoms with van der Waals surface area (Å²) in [4.78, 5) is 13.7. The first kappa shape index (κ1) is 15.6. The Morgan fingerprint density at radius 2 is 1.83 bits per heavy atom. The predicted molar refractivity (Wildman–Crippen MR) is 76.7 cm³/mol. The van der Waals surface area contributed by atoms with Gasteiger partial charge in [-0.15, -0.1) is 0 Å². The van der Waals surface area contributed by atoms with E-state index < -0.39 is 5.60 Å². The van der Waals surface area contributed by atoms with Crippen LogP contribution in [0.25, 0.3) is 0 Å². The lowest BCUT2D eigenvalue weighted by Crippen LogP contribution is -2.48. The molecule has 5 heteroatoms. The molecule has 18 heavy (non-hydrogen) atoms. The van der Waals surface area contributed by atoms with Gasteiger partial charge >= 0.3 is 6.09 Å². The third kappa shape index (κ3) is 5.96. The molecule has 0 aromatic rings. The Morgan fingerprint density at radius 3 is 2.33 bits per heavy atom. The van der Waals surface area contributed by atoms with Crippen LogP contribution in [0.1, 0.15) is 40.5 Å². The minimum atomic E-state index is -0.399. The van der Waals surface area contributed by atoms with Gasteiger partial charge in [-0.25, -0.2) is 9.10 Å². The number of unbranched alkanes of at least 4 members (excludes halogenated alkanes) is 1. The molecule has 0 atom stereocenters. The van der Waals surface area contributed by atoms with Crippen LogP contribution in [-0.2, 0) is 4.74 Å². The number of carbonyl (C=O) groups excluding carboxylic acids is 1. The van der Waals surface area contributed by atoms with Gasteiger partial charge in [0.15, 0.2) is 0 Å². The van der Waals surface area contributed by atoms with Crippen LogP contribution in [0.2, 0.25) is 0 Å². The van der Waals surface area contributed by atoms with Crippen molar-refractivity contribution in [1.29, 1.82) is 0 Å². The summed E-state index contributed by atoms with van der Waals surface area (Å²) in [6.07, 6.45) is 2.32. The zero-order valence-electron chi connectivity index (χ0n) is 12.1. The van der Waals surface area contributed by atoms with Crippen molar-refractivity contribution in [3.63, 3.8) is 0 Å². The zero-order chi connectivity index (χ0) is 13.6. The fourth-order valence-corrected chi connectivity index (χ4v) is 2.76. The van der Waals surface area contributed by atoms with E-state index in [1.54, 1.807) is 0 Å². The lowest BCUT2D eigenvalue weighted by atomic mass is 10.2. The van der Waals surface area contributed by atoms with Crippen molar-refractivity contribution in [3.8, 4) is 0 Å². The molecule has 1 heterocycles. The molecule has 0 aromatic carbocycles. The first-order chi connectivity index (χ1) is 8.42. The highest BCUT2D eigenvalue weighted by molar-refractivity contribution is 7.97. The van der Waals surface area contributed by atoms with Gasteiger partial charge < -0.3 is 9.64 Å². The Morgan fingerprint density at radius 1 is 1.22 bits per heavy atom. The second-order valence-corrected chi connectivity index (χ2v) is 6.77. The van der Waals surface area contributed by atoms with Crippen molar-refractivity contribution < 1.29 is 9.53 Å². The Bertz CT molecular complexity index is 258. The summed E-state index contributed by atoms with van der Waals surface area (Å²) in [6.45, 7) is 11.3. The third-order valence-corrected chi connectivity index (χ3v) is 3.86. The number of amides is 1. The number of carbonyl (C=O) groups is 1. The molecular formula is C13H26N2O2S. The number of hydrogen-bond acceptors (Lipinski definition) is 4. The van der Waals surface area contributed by atoms with Gasteiger partial charge in [-0.3, -0.25) is 0 Å². The lowest BCUT2D eigenvalue weighted by molar-refractivity contribution is 0.0197. The summed E-state index contributed by atoms with van der Waals surface area (Å²) >= 11 is 1.90. The molecule has 0 bridgehead atoms. The van der Waals surface area contributed by atoms with Crippen molar-refractivity contribution in [1.82, 2.24) is 9.21 Å². The zero-order valence-corrected chi connectivity index (χ0v) is 12.9. The molecule has 1 amide bonds. The molecule has 0 saturated carbocycles. The first-order valence-electron chi connectivity index (χ1n) is 6.78. The van der Waals surface area contributed by atoms with Crippen molar-refractivity contribution in [2.75, 3.05) is 31.9 Å². The molecule has 0 spiro atoms. The van der Waals surface area contributed by atoms with Crippen LogP contribution < -0.4 is 0 Å². The van der Waals surface area contributed by atoms with Crippen LogP contribution >= 0.6 is 11.9 Å². The van der Waals surface area contributed by atoms with Crippen molar-refractivity contribution in [2.24, 2.45) is 0 Å². The topological polar surface area (TPSA) is 32.8 Å². The van der Waals surface area contributed by atoms with Gasteiger partial charge in [-0.1, -0.05) is 25.3 Å². The smallest absolute Gasteiger partial charge is 0.410 e. The first-order valence-corrected chi connectivity index (χ1v) is 7.72. The minimum Gasteiger partial charge on any atom is -0.444 e. The summed E-state index contributed by atoms with van der Waals surface area (Å²) in [5.41, 5.74) is -0.399. The Hall–Kier alpha value is -0.420. The van der Waals surface area contributed by atoms with Crippen LogP contribution in [0, 0.1) is 0 Å². The molecule has 1 aliphatic rings. The largest absolute Gasteiger partial charge is 0.444 e. The lowest BCUT2D eigenvalue weighted by Gasteiger charge is -2.34. The standard InChI is InChI=1S/C13H26N2O2S/c1-5-6-11-18-15-9-7-14(8-10-15)12(16)17-13(2,3)4/h5-11H2,1-4H3. The molecule has 0 aromatic heterocycles. The second kappa shape index (κ2) is 7.24. The van der Waals surface area contributed by atoms with Gasteiger partial charge in [-0.05, 0) is 27.2 Å². The molecule has 1 aliphatic heterocycles. The molecule has 0 N–H and O–H groups in total. The maximum atomic E-state index is 11.9. The highest BCUT2D eigenvalue weighted by Crippen LogP contribution is 2.17. The van der Waals surface area contributed by atoms with Gasteiger partial charge in [0.1, 0.15) is 5.60 Å². The quantitative estimate of drug-likeness (QED) is 0.583. The van der Waals surface area contributed by atoms with Gasteiger partial charge in [0.05, 0.1) is 0 Å². The van der Waals surface area contributed by atoms with E-state index in [2.05, 4.69) is 11.2 Å². The van der Waals surface area contributed by atoms with Gasteiger partial charge in [0.25, 0.3) is 0 Å². The summed E-state index contributed by atoms with van der Waals surface area (Å²) in [6, 6.07) is 0.